The van der Waals surface area contributed by atoms with Gasteiger partial charge in [0.2, 0.25) is 5.90 Å². The van der Waals surface area contributed by atoms with Gasteiger partial charge in [0, 0.05) is 36.6 Å². The summed E-state index contributed by atoms with van der Waals surface area (Å²) < 4.78 is 17.8. The summed E-state index contributed by atoms with van der Waals surface area (Å²) in [6.07, 6.45) is 0.795. The Bertz CT molecular complexity index is 1550. The second-order valence-electron chi connectivity index (χ2n) is 10.5. The number of rotatable bonds is 14. The molecule has 8 nitrogen and oxygen atoms in total. The lowest BCUT2D eigenvalue weighted by molar-refractivity contribution is -0.130. The lowest BCUT2D eigenvalue weighted by Gasteiger charge is -2.31. The predicted octanol–water partition coefficient (Wildman–Crippen LogP) is 5.47. The van der Waals surface area contributed by atoms with Crippen molar-refractivity contribution in [3.05, 3.63) is 130 Å². The van der Waals surface area contributed by atoms with Crippen molar-refractivity contribution >= 4 is 23.4 Å². The van der Waals surface area contributed by atoms with Gasteiger partial charge in [-0.3, -0.25) is 10.2 Å². The molecule has 1 amide bonds. The lowest BCUT2D eigenvalue weighted by Crippen LogP contribution is -2.54. The van der Waals surface area contributed by atoms with E-state index in [4.69, 9.17) is 35.9 Å². The van der Waals surface area contributed by atoms with Crippen molar-refractivity contribution in [2.75, 3.05) is 26.9 Å². The van der Waals surface area contributed by atoms with E-state index in [1.54, 1.807) is 7.11 Å². The Morgan fingerprint density at radius 2 is 1.73 bits per heavy atom. The quantitative estimate of drug-likeness (QED) is 0.129. The molecule has 0 aromatic heterocycles. The molecule has 1 aliphatic heterocycles. The molecule has 5 rings (SSSR count). The Kier molecular flexibility index (Phi) is 10.5. The zero-order valence-electron chi connectivity index (χ0n) is 24.5. The summed E-state index contributed by atoms with van der Waals surface area (Å²) in [6.45, 7) is 0.986. The molecule has 4 aromatic carbocycles. The Balaban J connectivity index is 1.47. The molecule has 0 unspecified atom stereocenters. The third-order valence-corrected chi connectivity index (χ3v) is 7.65. The second kappa shape index (κ2) is 14.9. The third-order valence-electron chi connectivity index (χ3n) is 7.40. The van der Waals surface area contributed by atoms with Crippen LogP contribution in [0.5, 0.6) is 11.5 Å². The average molecular weight is 614 g/mol. The van der Waals surface area contributed by atoms with Crippen molar-refractivity contribution in [3.8, 4) is 11.5 Å². The fourth-order valence-electron chi connectivity index (χ4n) is 5.10. The molecule has 44 heavy (non-hydrogen) atoms. The molecule has 0 spiro atoms. The molecule has 1 heterocycles. The third kappa shape index (κ3) is 7.58. The fraction of sp³-hybridized carbons (Fsp3) is 0.257. The molecule has 3 N–H and O–H groups in total. The van der Waals surface area contributed by atoms with Gasteiger partial charge in [-0.05, 0) is 71.6 Å². The van der Waals surface area contributed by atoms with E-state index in [0.717, 1.165) is 16.7 Å². The van der Waals surface area contributed by atoms with E-state index >= 15 is 0 Å². The van der Waals surface area contributed by atoms with Gasteiger partial charge in [0.1, 0.15) is 11.5 Å². The van der Waals surface area contributed by atoms with Crippen LogP contribution in [-0.2, 0) is 22.4 Å². The van der Waals surface area contributed by atoms with Crippen molar-refractivity contribution < 1.29 is 24.1 Å². The van der Waals surface area contributed by atoms with Crippen LogP contribution >= 0.6 is 11.6 Å². The van der Waals surface area contributed by atoms with Crippen LogP contribution < -0.4 is 20.3 Å². The molecular formula is C35H36ClN3O5. The van der Waals surface area contributed by atoms with E-state index in [-0.39, 0.29) is 12.5 Å². The number of halogens is 1. The predicted molar refractivity (Wildman–Crippen MR) is 171 cm³/mol. The zero-order valence-corrected chi connectivity index (χ0v) is 25.3. The number of carbonyl (C=O) groups excluding carboxylic acids is 1. The summed E-state index contributed by atoms with van der Waals surface area (Å²) in [7, 11) is 1.61. The van der Waals surface area contributed by atoms with Crippen LogP contribution in [0.2, 0.25) is 5.02 Å². The number of aliphatic hydroxyl groups is 1. The van der Waals surface area contributed by atoms with Gasteiger partial charge in [-0.1, -0.05) is 66.2 Å². The number of nitrogens with zero attached hydrogens (tertiary/aromatic N) is 1. The number of ether oxygens (including phenoxy) is 3. The van der Waals surface area contributed by atoms with E-state index in [0.29, 0.717) is 60.4 Å². The van der Waals surface area contributed by atoms with Crippen molar-refractivity contribution in [3.63, 3.8) is 0 Å². The highest BCUT2D eigenvalue weighted by atomic mass is 35.5. The van der Waals surface area contributed by atoms with Crippen molar-refractivity contribution in [1.29, 1.82) is 0 Å². The minimum atomic E-state index is -1.34. The first kappa shape index (κ1) is 31.1. The Hall–Kier alpha value is -4.37. The normalized spacial score (nSPS) is 17.4. The van der Waals surface area contributed by atoms with Gasteiger partial charge < -0.3 is 19.3 Å². The number of hydrogen-bond donors (Lipinski definition) is 3. The fourth-order valence-corrected chi connectivity index (χ4v) is 5.23. The number of methoxy groups -OCH3 is 1. The SMILES string of the molecule is COc1cccc([C@@H]2OC(c3ccc(OCCCO)cc3)=N[C@]2(Cc2ccccc2)C(=O)NNCCc2ccc(Cl)cc2)c1. The van der Waals surface area contributed by atoms with Crippen molar-refractivity contribution in [1.82, 2.24) is 10.9 Å². The van der Waals surface area contributed by atoms with Crippen LogP contribution in [0.4, 0.5) is 0 Å². The van der Waals surface area contributed by atoms with Gasteiger partial charge in [-0.15, -0.1) is 0 Å². The molecular weight excluding hydrogens is 578 g/mol. The van der Waals surface area contributed by atoms with Gasteiger partial charge >= 0.3 is 0 Å². The molecule has 0 aliphatic carbocycles. The molecule has 0 fully saturated rings. The first-order valence-electron chi connectivity index (χ1n) is 14.6. The van der Waals surface area contributed by atoms with Crippen molar-refractivity contribution in [2.45, 2.75) is 30.9 Å². The van der Waals surface area contributed by atoms with E-state index in [1.165, 1.54) is 0 Å². The standard InChI is InChI=1S/C35H36ClN3O5/c1-42-31-10-5-9-28(23-31)32-35(24-26-7-3-2-4-8-26,34(41)39-37-20-19-25-11-15-29(36)16-12-25)38-33(44-32)27-13-17-30(18-14-27)43-22-6-21-40/h2-5,7-18,23,32,37,40H,6,19-22,24H2,1H3,(H,39,41)/t32-,35-/m0/s1. The zero-order chi connectivity index (χ0) is 30.8. The molecule has 0 saturated carbocycles. The molecule has 0 bridgehead atoms. The highest BCUT2D eigenvalue weighted by Crippen LogP contribution is 2.43. The molecule has 0 radical (unpaired) electrons. The van der Waals surface area contributed by atoms with Gasteiger partial charge in [-0.2, -0.15) is 0 Å². The highest BCUT2D eigenvalue weighted by Gasteiger charge is 2.53. The van der Waals surface area contributed by atoms with Crippen LogP contribution in [0.15, 0.2) is 108 Å². The Morgan fingerprint density at radius 3 is 2.45 bits per heavy atom. The van der Waals surface area contributed by atoms with E-state index in [2.05, 4.69) is 10.9 Å². The lowest BCUT2D eigenvalue weighted by atomic mass is 9.82. The smallest absolute Gasteiger partial charge is 0.266 e. The van der Waals surface area contributed by atoms with Crippen molar-refractivity contribution in [2.24, 2.45) is 4.99 Å². The van der Waals surface area contributed by atoms with E-state index in [9.17, 15) is 4.79 Å². The molecule has 1 aliphatic rings. The number of nitrogens with one attached hydrogen (secondary N) is 2. The first-order chi connectivity index (χ1) is 21.5. The number of aliphatic hydroxyl groups excluding tert-OH is 1. The summed E-state index contributed by atoms with van der Waals surface area (Å²) in [5.74, 6) is 1.36. The molecule has 2 atom stereocenters. The maximum Gasteiger partial charge on any atom is 0.266 e. The largest absolute Gasteiger partial charge is 0.497 e. The first-order valence-corrected chi connectivity index (χ1v) is 14.9. The molecule has 0 saturated heterocycles. The number of amides is 1. The van der Waals surface area contributed by atoms with E-state index in [1.807, 2.05) is 103 Å². The van der Waals surface area contributed by atoms with Gasteiger partial charge in [0.25, 0.3) is 5.91 Å². The maximum absolute atomic E-state index is 14.3. The second-order valence-corrected chi connectivity index (χ2v) is 10.9. The topological polar surface area (TPSA) is 101 Å². The summed E-state index contributed by atoms with van der Waals surface area (Å²) in [6, 6.07) is 32.3. The monoisotopic (exact) mass is 613 g/mol. The van der Waals surface area contributed by atoms with Gasteiger partial charge in [-0.25, -0.2) is 10.4 Å². The summed E-state index contributed by atoms with van der Waals surface area (Å²) in [5.41, 5.74) is 8.21. The van der Waals surface area contributed by atoms with Gasteiger partial charge in [0.05, 0.1) is 13.7 Å². The van der Waals surface area contributed by atoms with Crippen LogP contribution in [0.25, 0.3) is 0 Å². The minimum absolute atomic E-state index is 0.0654. The number of carbonyl (C=O) groups is 1. The van der Waals surface area contributed by atoms with Crippen LogP contribution in [0.3, 0.4) is 0 Å². The van der Waals surface area contributed by atoms with Crippen LogP contribution in [0.1, 0.15) is 34.8 Å². The highest BCUT2D eigenvalue weighted by molar-refractivity contribution is 6.30. The number of aliphatic imine (C=N–C) groups is 1. The number of hydrazine groups is 1. The Morgan fingerprint density at radius 1 is 0.955 bits per heavy atom. The average Bonchev–Trinajstić information content (AvgIpc) is 3.45. The Labute approximate surface area is 262 Å². The van der Waals surface area contributed by atoms with Crippen LogP contribution in [-0.4, -0.2) is 49.3 Å². The molecule has 9 heteroatoms. The minimum Gasteiger partial charge on any atom is -0.497 e. The molecule has 4 aromatic rings. The van der Waals surface area contributed by atoms with Crippen LogP contribution in [0, 0.1) is 0 Å². The van der Waals surface area contributed by atoms with Gasteiger partial charge in [0.15, 0.2) is 11.6 Å². The summed E-state index contributed by atoms with van der Waals surface area (Å²) in [4.78, 5) is 19.4. The maximum atomic E-state index is 14.3. The summed E-state index contributed by atoms with van der Waals surface area (Å²) in [5, 5.41) is 9.73. The summed E-state index contributed by atoms with van der Waals surface area (Å²) >= 11 is 6.02. The van der Waals surface area contributed by atoms with E-state index < -0.39 is 11.6 Å². The number of hydrogen-bond acceptors (Lipinski definition) is 7. The molecule has 228 valence electrons. The number of benzene rings is 4.